The molecule has 0 fully saturated rings. The number of hydrogen-bond donors (Lipinski definition) is 2. The van der Waals surface area contributed by atoms with Gasteiger partial charge in [-0.2, -0.15) is 5.10 Å². The van der Waals surface area contributed by atoms with Gasteiger partial charge in [-0.05, 0) is 87.2 Å². The summed E-state index contributed by atoms with van der Waals surface area (Å²) >= 11 is 0. The van der Waals surface area contributed by atoms with Crippen LogP contribution in [0.25, 0.3) is 10.9 Å². The van der Waals surface area contributed by atoms with Crippen LogP contribution in [-0.4, -0.2) is 55.2 Å². The minimum atomic E-state index is -0.659. The van der Waals surface area contributed by atoms with E-state index in [4.69, 9.17) is 4.74 Å². The second-order valence-corrected chi connectivity index (χ2v) is 8.93. The Kier molecular flexibility index (Phi) is 7.80. The molecule has 3 aromatic carbocycles. The summed E-state index contributed by atoms with van der Waals surface area (Å²) in [4.78, 5) is 17.2. The van der Waals surface area contributed by atoms with Crippen molar-refractivity contribution in [3.8, 4) is 5.75 Å². The summed E-state index contributed by atoms with van der Waals surface area (Å²) in [5, 5.41) is 10.6. The van der Waals surface area contributed by atoms with Crippen LogP contribution in [0, 0.1) is 11.6 Å². The van der Waals surface area contributed by atoms with Gasteiger partial charge in [0.2, 0.25) is 0 Å². The van der Waals surface area contributed by atoms with Gasteiger partial charge in [0.25, 0.3) is 5.91 Å². The molecule has 1 aromatic heterocycles. The number of anilines is 2. The van der Waals surface area contributed by atoms with Gasteiger partial charge < -0.3 is 19.9 Å². The van der Waals surface area contributed by atoms with Gasteiger partial charge >= 0.3 is 0 Å². The van der Waals surface area contributed by atoms with Crippen molar-refractivity contribution >= 4 is 28.3 Å². The van der Waals surface area contributed by atoms with Gasteiger partial charge in [0.15, 0.2) is 5.82 Å². The topological polar surface area (TPSA) is 73.5 Å². The number of nitrogens with one attached hydrogen (secondary N) is 2. The molecule has 4 aromatic rings. The number of carbonyl (C=O) groups is 1. The van der Waals surface area contributed by atoms with Crippen LogP contribution in [-0.2, 0) is 6.61 Å². The Morgan fingerprint density at radius 3 is 2.39 bits per heavy atom. The molecule has 188 valence electrons. The Morgan fingerprint density at radius 1 is 0.972 bits per heavy atom. The number of amides is 1. The van der Waals surface area contributed by atoms with Crippen molar-refractivity contribution in [2.24, 2.45) is 0 Å². The predicted octanol–water partition coefficient (Wildman–Crippen LogP) is 5.06. The number of rotatable bonds is 10. The van der Waals surface area contributed by atoms with Crippen molar-refractivity contribution < 1.29 is 18.3 Å². The van der Waals surface area contributed by atoms with Crippen LogP contribution in [0.5, 0.6) is 5.75 Å². The normalized spacial score (nSPS) is 11.2. The van der Waals surface area contributed by atoms with Crippen LogP contribution >= 0.6 is 0 Å². The van der Waals surface area contributed by atoms with Gasteiger partial charge in [-0.15, -0.1) is 0 Å². The van der Waals surface area contributed by atoms with Gasteiger partial charge in [-0.3, -0.25) is 9.89 Å². The Balaban J connectivity index is 1.41. The molecule has 36 heavy (non-hydrogen) atoms. The summed E-state index contributed by atoms with van der Waals surface area (Å²) < 4.78 is 32.5. The van der Waals surface area contributed by atoms with Crippen molar-refractivity contribution in [3.05, 3.63) is 83.4 Å². The van der Waals surface area contributed by atoms with E-state index in [2.05, 4.69) is 39.4 Å². The van der Waals surface area contributed by atoms with Gasteiger partial charge in [-0.25, -0.2) is 8.78 Å². The molecule has 0 radical (unpaired) electrons. The third kappa shape index (κ3) is 6.37. The number of aromatic amines is 1. The quantitative estimate of drug-likeness (QED) is 0.323. The highest BCUT2D eigenvalue weighted by Gasteiger charge is 2.13. The molecule has 0 aliphatic rings. The van der Waals surface area contributed by atoms with Gasteiger partial charge in [0.1, 0.15) is 24.0 Å². The van der Waals surface area contributed by atoms with E-state index in [0.29, 0.717) is 33.6 Å². The number of ether oxygens (including phenoxy) is 1. The number of fused-ring (bicyclic) bond motifs is 1. The summed E-state index contributed by atoms with van der Waals surface area (Å²) in [6, 6.07) is 15.9. The molecule has 1 heterocycles. The number of aromatic nitrogens is 2. The Morgan fingerprint density at radius 2 is 1.69 bits per heavy atom. The SMILES string of the molecule is CN(C)CCCN(C)c1ccc(C(=O)Nc2n[nH]c3ccc(OCc4cc(F)cc(F)c4)cc23)cc1. The van der Waals surface area contributed by atoms with E-state index in [-0.39, 0.29) is 12.5 Å². The van der Waals surface area contributed by atoms with E-state index in [0.717, 1.165) is 31.3 Å². The molecule has 0 spiro atoms. The standard InChI is InChI=1S/C27H29F2N5O2/c1-33(2)11-4-12-34(3)22-7-5-19(6-8-22)27(35)30-26-24-16-23(9-10-25(24)31-32-26)36-17-18-13-20(28)15-21(29)14-18/h5-10,13-16H,4,11-12,17H2,1-3H3,(H2,30,31,32,35). The van der Waals surface area contributed by atoms with E-state index in [1.807, 2.05) is 19.2 Å². The molecule has 1 amide bonds. The zero-order chi connectivity index (χ0) is 25.7. The molecule has 7 nitrogen and oxygen atoms in total. The summed E-state index contributed by atoms with van der Waals surface area (Å²) in [5.74, 6) is -0.764. The van der Waals surface area contributed by atoms with E-state index >= 15 is 0 Å². The largest absolute Gasteiger partial charge is 0.489 e. The fourth-order valence-electron chi connectivity index (χ4n) is 3.84. The highest BCUT2D eigenvalue weighted by Crippen LogP contribution is 2.26. The number of carbonyl (C=O) groups excluding carboxylic acids is 1. The van der Waals surface area contributed by atoms with E-state index in [1.54, 1.807) is 30.3 Å². The lowest BCUT2D eigenvalue weighted by atomic mass is 10.1. The van der Waals surface area contributed by atoms with Crippen LogP contribution < -0.4 is 15.0 Å². The summed E-state index contributed by atoms with van der Waals surface area (Å²) in [5.41, 5.74) is 2.64. The lowest BCUT2D eigenvalue weighted by Gasteiger charge is -2.20. The van der Waals surface area contributed by atoms with Crippen molar-refractivity contribution in [1.82, 2.24) is 15.1 Å². The first-order chi connectivity index (χ1) is 17.3. The van der Waals surface area contributed by atoms with E-state index in [1.165, 1.54) is 12.1 Å². The zero-order valence-electron chi connectivity index (χ0n) is 20.5. The summed E-state index contributed by atoms with van der Waals surface area (Å²) in [7, 11) is 6.14. The molecule has 0 bridgehead atoms. The van der Waals surface area contributed by atoms with Crippen molar-refractivity contribution in [2.75, 3.05) is 44.4 Å². The summed E-state index contributed by atoms with van der Waals surface area (Å²) in [6.07, 6.45) is 1.04. The number of nitrogens with zero attached hydrogens (tertiary/aromatic N) is 3. The maximum atomic E-state index is 13.4. The third-order valence-electron chi connectivity index (χ3n) is 5.76. The first kappa shape index (κ1) is 25.1. The number of H-pyrrole nitrogens is 1. The maximum Gasteiger partial charge on any atom is 0.256 e. The maximum absolute atomic E-state index is 13.4. The third-order valence-corrected chi connectivity index (χ3v) is 5.76. The summed E-state index contributed by atoms with van der Waals surface area (Å²) in [6.45, 7) is 1.93. The zero-order valence-corrected chi connectivity index (χ0v) is 20.5. The predicted molar refractivity (Wildman–Crippen MR) is 138 cm³/mol. The molecule has 0 saturated heterocycles. The Labute approximate surface area is 208 Å². The van der Waals surface area contributed by atoms with Crippen molar-refractivity contribution in [2.45, 2.75) is 13.0 Å². The lowest BCUT2D eigenvalue weighted by molar-refractivity contribution is 0.102. The van der Waals surface area contributed by atoms with Gasteiger partial charge in [0, 0.05) is 36.3 Å². The number of benzene rings is 3. The molecule has 2 N–H and O–H groups in total. The average molecular weight is 494 g/mol. The molecule has 0 aliphatic heterocycles. The Bertz CT molecular complexity index is 1320. The van der Waals surface area contributed by atoms with Crippen LogP contribution in [0.4, 0.5) is 20.3 Å². The van der Waals surface area contributed by atoms with Gasteiger partial charge in [-0.1, -0.05) is 0 Å². The second kappa shape index (κ2) is 11.2. The lowest BCUT2D eigenvalue weighted by Crippen LogP contribution is -2.23. The first-order valence-corrected chi connectivity index (χ1v) is 11.6. The molecular weight excluding hydrogens is 464 g/mol. The highest BCUT2D eigenvalue weighted by molar-refractivity contribution is 6.08. The smallest absolute Gasteiger partial charge is 0.256 e. The molecule has 9 heteroatoms. The van der Waals surface area contributed by atoms with Crippen LogP contribution in [0.3, 0.4) is 0 Å². The Hall–Kier alpha value is -3.98. The van der Waals surface area contributed by atoms with E-state index < -0.39 is 11.6 Å². The second-order valence-electron chi connectivity index (χ2n) is 8.93. The molecule has 0 atom stereocenters. The van der Waals surface area contributed by atoms with Crippen LogP contribution in [0.1, 0.15) is 22.3 Å². The fourth-order valence-corrected chi connectivity index (χ4v) is 3.84. The average Bonchev–Trinajstić information content (AvgIpc) is 3.24. The highest BCUT2D eigenvalue weighted by atomic mass is 19.1. The first-order valence-electron chi connectivity index (χ1n) is 11.6. The number of halogens is 2. The van der Waals surface area contributed by atoms with Crippen LogP contribution in [0.15, 0.2) is 60.7 Å². The minimum absolute atomic E-state index is 0.00430. The monoisotopic (exact) mass is 493 g/mol. The van der Waals surface area contributed by atoms with Gasteiger partial charge in [0.05, 0.1) is 5.52 Å². The van der Waals surface area contributed by atoms with E-state index in [9.17, 15) is 13.6 Å². The number of hydrogen-bond acceptors (Lipinski definition) is 5. The fraction of sp³-hybridized carbons (Fsp3) is 0.259. The molecular formula is C27H29F2N5O2. The molecule has 0 saturated carbocycles. The molecule has 4 rings (SSSR count). The van der Waals surface area contributed by atoms with Crippen LogP contribution in [0.2, 0.25) is 0 Å². The van der Waals surface area contributed by atoms with Crippen molar-refractivity contribution in [3.63, 3.8) is 0 Å². The molecule has 0 unspecified atom stereocenters. The van der Waals surface area contributed by atoms with Crippen molar-refractivity contribution in [1.29, 1.82) is 0 Å². The minimum Gasteiger partial charge on any atom is -0.489 e. The molecule has 0 aliphatic carbocycles.